The number of hydrogen-bond acceptors (Lipinski definition) is 26. The van der Waals surface area contributed by atoms with Gasteiger partial charge in [-0.2, -0.15) is 0 Å². The number of unbranched alkanes of at least 4 members (excludes halogenated alkanes) is 6. The average molecular weight is 1750 g/mol. The minimum atomic E-state index is -2.52. The highest BCUT2D eigenvalue weighted by molar-refractivity contribution is 6.05. The molecule has 0 radical (unpaired) electrons. The van der Waals surface area contributed by atoms with Crippen LogP contribution in [0, 0.1) is 5.92 Å². The third-order valence-electron chi connectivity index (χ3n) is 19.2. The van der Waals surface area contributed by atoms with Gasteiger partial charge in [-0.05, 0) is 69.2 Å². The molecule has 16 amide bonds. The second-order valence-corrected chi connectivity index (χ2v) is 29.4. The SMILES string of the molecule is CCCCCCCCCC(=O)N[C@@H](Cc1c[nH]c2ccccc12)C(=O)N[C@@H](CC(N)=O)C(=O)N[C@@H](CC(=O)O)C(=O)NC1C(=O)NCC(=O)N[C@@H](CCCNC(=O)[C@@H](N)CCC(N)=O)C(=O)NC(CC(=O)O)C(=O)N[C@H](C)C(=O)N[C@@H](CC(=O)O)C(=O)NCC(=O)N[C@H](CO)C(=O)NC([C@H](C)CC(=O)O)C(=O)N[C@@H](CC(=O)c2ccccc2N)C(=O)OC1C. The lowest BCUT2D eigenvalue weighted by Gasteiger charge is -2.30. The Kier molecular flexibility index (Phi) is 42.8. The molecule has 47 nitrogen and oxygen atoms in total. The van der Waals surface area contributed by atoms with Crippen LogP contribution in [0.15, 0.2) is 54.7 Å². The van der Waals surface area contributed by atoms with Gasteiger partial charge in [0.15, 0.2) is 5.78 Å². The summed E-state index contributed by atoms with van der Waals surface area (Å²) < 4.78 is 5.70. The summed E-state index contributed by atoms with van der Waals surface area (Å²) in [5, 5.41) is 81.2. The van der Waals surface area contributed by atoms with E-state index in [4.69, 9.17) is 27.7 Å². The van der Waals surface area contributed by atoms with Crippen molar-refractivity contribution >= 4 is 147 Å². The van der Waals surface area contributed by atoms with Crippen LogP contribution >= 0.6 is 0 Å². The highest BCUT2D eigenvalue weighted by Gasteiger charge is 2.41. The molecule has 28 N–H and O–H groups in total. The number of carboxylic acids is 4. The van der Waals surface area contributed by atoms with Gasteiger partial charge in [0.05, 0.1) is 57.8 Å². The first kappa shape index (κ1) is 103. The lowest BCUT2D eigenvalue weighted by atomic mass is 9.96. The van der Waals surface area contributed by atoms with Gasteiger partial charge >= 0.3 is 29.8 Å². The van der Waals surface area contributed by atoms with Gasteiger partial charge in [0.1, 0.15) is 72.6 Å². The number of Topliss-reactive ketones (excluding diaryl/α,β-unsaturated/α-hetero) is 1. The van der Waals surface area contributed by atoms with Crippen LogP contribution in [0.25, 0.3) is 10.9 Å². The van der Waals surface area contributed by atoms with E-state index in [9.17, 15) is 131 Å². The van der Waals surface area contributed by atoms with Gasteiger partial charge in [-0.3, -0.25) is 101 Å². The zero-order valence-corrected chi connectivity index (χ0v) is 68.5. The molecule has 1 aliphatic rings. The minimum Gasteiger partial charge on any atom is -0.481 e. The molecular weight excluding hydrogens is 1640 g/mol. The van der Waals surface area contributed by atoms with Gasteiger partial charge in [0, 0.05) is 60.6 Å². The van der Waals surface area contributed by atoms with Crippen LogP contribution in [-0.2, 0) is 112 Å². The van der Waals surface area contributed by atoms with E-state index >= 15 is 0 Å². The molecule has 0 bridgehead atoms. The van der Waals surface area contributed by atoms with Gasteiger partial charge < -0.3 is 133 Å². The quantitative estimate of drug-likeness (QED) is 0.0109. The van der Waals surface area contributed by atoms with E-state index in [2.05, 4.69) is 70.4 Å². The number of primary amides is 2. The third-order valence-corrected chi connectivity index (χ3v) is 19.2. The fraction of sp³-hybridized carbons (Fsp3) is 0.532. The molecule has 4 unspecified atom stereocenters. The van der Waals surface area contributed by atoms with E-state index < -0.39 is 279 Å². The van der Waals surface area contributed by atoms with Crippen LogP contribution in [0.3, 0.4) is 0 Å². The second-order valence-electron chi connectivity index (χ2n) is 29.4. The fourth-order valence-electron chi connectivity index (χ4n) is 12.5. The molecule has 1 aliphatic heterocycles. The zero-order chi connectivity index (χ0) is 92.6. The molecule has 124 heavy (non-hydrogen) atoms. The van der Waals surface area contributed by atoms with Gasteiger partial charge in [-0.15, -0.1) is 0 Å². The molecule has 680 valence electrons. The van der Waals surface area contributed by atoms with Crippen molar-refractivity contribution in [3.63, 3.8) is 0 Å². The molecule has 0 saturated carbocycles. The molecule has 1 fully saturated rings. The minimum absolute atomic E-state index is 0.0380. The number of nitrogens with two attached hydrogens (primary N) is 4. The number of benzene rings is 2. The van der Waals surface area contributed by atoms with Crippen molar-refractivity contribution in [2.45, 2.75) is 228 Å². The number of aliphatic carboxylic acids is 4. The summed E-state index contributed by atoms with van der Waals surface area (Å²) in [6.07, 6.45) is -3.76. The first-order valence-corrected chi connectivity index (χ1v) is 39.6. The van der Waals surface area contributed by atoms with Crippen LogP contribution in [-0.4, -0.2) is 266 Å². The number of ketones is 1. The van der Waals surface area contributed by atoms with Gasteiger partial charge in [0.25, 0.3) is 0 Å². The van der Waals surface area contributed by atoms with E-state index in [0.29, 0.717) is 29.3 Å². The number of aliphatic hydroxyl groups is 1. The lowest BCUT2D eigenvalue weighted by molar-refractivity contribution is -0.156. The van der Waals surface area contributed by atoms with E-state index in [1.54, 1.807) is 30.5 Å². The molecule has 2 aromatic carbocycles. The normalized spacial score (nSPS) is 20.7. The lowest BCUT2D eigenvalue weighted by Crippen LogP contribution is -2.62. The molecule has 0 aliphatic carbocycles. The summed E-state index contributed by atoms with van der Waals surface area (Å²) in [6.45, 7) is 0.670. The molecule has 0 spiro atoms. The summed E-state index contributed by atoms with van der Waals surface area (Å²) in [6, 6.07) is -12.6. The number of carboxylic acid groups (broad SMARTS) is 4. The van der Waals surface area contributed by atoms with E-state index in [1.165, 1.54) is 24.3 Å². The van der Waals surface area contributed by atoms with Crippen molar-refractivity contribution in [3.05, 3.63) is 65.9 Å². The van der Waals surface area contributed by atoms with Gasteiger partial charge in [-0.1, -0.05) is 82.7 Å². The fourth-order valence-corrected chi connectivity index (χ4v) is 12.5. The molecule has 1 aromatic heterocycles. The Bertz CT molecular complexity index is 4390. The average Bonchev–Trinajstić information content (AvgIpc) is 1.64. The Morgan fingerprint density at radius 3 is 1.69 bits per heavy atom. The number of rotatable bonds is 40. The van der Waals surface area contributed by atoms with Crippen molar-refractivity contribution in [1.29, 1.82) is 0 Å². The van der Waals surface area contributed by atoms with Crippen molar-refractivity contribution in [2.75, 3.05) is 32.0 Å². The number of anilines is 1. The van der Waals surface area contributed by atoms with Crippen LogP contribution in [0.2, 0.25) is 0 Å². The summed E-state index contributed by atoms with van der Waals surface area (Å²) >= 11 is 0. The van der Waals surface area contributed by atoms with E-state index in [-0.39, 0.29) is 49.9 Å². The molecule has 3 aromatic rings. The summed E-state index contributed by atoms with van der Waals surface area (Å²) in [7, 11) is 0. The largest absolute Gasteiger partial charge is 0.481 e. The number of aromatic amines is 1. The number of aromatic nitrogens is 1. The first-order valence-electron chi connectivity index (χ1n) is 39.6. The van der Waals surface area contributed by atoms with Crippen molar-refractivity contribution in [2.24, 2.45) is 23.1 Å². The topological polar surface area (TPSA) is 774 Å². The van der Waals surface area contributed by atoms with Crippen molar-refractivity contribution in [1.82, 2.24) is 79.4 Å². The van der Waals surface area contributed by atoms with Gasteiger partial charge in [-0.25, -0.2) is 4.79 Å². The number of fused-ring (bicyclic) bond motifs is 1. The predicted molar refractivity (Wildman–Crippen MR) is 431 cm³/mol. The summed E-state index contributed by atoms with van der Waals surface area (Å²) in [4.78, 5) is 303. The Labute approximate surface area is 708 Å². The van der Waals surface area contributed by atoms with Crippen LogP contribution in [0.4, 0.5) is 5.69 Å². The molecule has 14 atom stereocenters. The number of esters is 1. The number of nitrogen functional groups attached to an aromatic ring is 1. The number of hydrogen-bond donors (Lipinski definition) is 24. The highest BCUT2D eigenvalue weighted by atomic mass is 16.5. The number of para-hydroxylation sites is 2. The van der Waals surface area contributed by atoms with E-state index in [1.807, 2.05) is 16.0 Å². The molecular formula is C77H109N19O28. The summed E-state index contributed by atoms with van der Waals surface area (Å²) in [5.74, 6) is -32.3. The molecule has 2 heterocycles. The smallest absolute Gasteiger partial charge is 0.329 e. The number of nitrogens with one attached hydrogen (secondary N) is 15. The highest BCUT2D eigenvalue weighted by Crippen LogP contribution is 2.22. The maximum atomic E-state index is 14.9. The number of carbonyl (C=O) groups excluding carboxylic acids is 18. The number of cyclic esters (lactones) is 1. The first-order chi connectivity index (χ1) is 58.5. The predicted octanol–water partition coefficient (Wildman–Crippen LogP) is -6.87. The number of H-pyrrole nitrogens is 1. The number of aliphatic hydroxyl groups excluding tert-OH is 1. The molecule has 47 heteroatoms. The maximum absolute atomic E-state index is 14.9. The van der Waals surface area contributed by atoms with E-state index in [0.717, 1.165) is 52.9 Å². The van der Waals surface area contributed by atoms with Crippen LogP contribution in [0.5, 0.6) is 0 Å². The maximum Gasteiger partial charge on any atom is 0.329 e. The number of carbonyl (C=O) groups is 22. The number of ether oxygens (including phenoxy) is 1. The molecule has 4 rings (SSSR count). The Balaban J connectivity index is 1.92. The van der Waals surface area contributed by atoms with Crippen molar-refractivity contribution < 1.29 is 136 Å². The summed E-state index contributed by atoms with van der Waals surface area (Å²) in [5.41, 5.74) is 23.4. The van der Waals surface area contributed by atoms with Crippen molar-refractivity contribution in [3.8, 4) is 0 Å². The second kappa shape index (κ2) is 51.8. The van der Waals surface area contributed by atoms with Gasteiger partial charge in [0.2, 0.25) is 94.5 Å². The Morgan fingerprint density at radius 2 is 1.08 bits per heavy atom. The Morgan fingerprint density at radius 1 is 0.532 bits per heavy atom. The monoisotopic (exact) mass is 1750 g/mol. The number of amides is 16. The standard InChI is InChI=1S/C77H109N19O28/c1-5-6-7-8-9-10-11-22-57(101)88-47(27-40-33-83-45-20-15-13-17-41(40)45)71(117)91-48(29-56(81)100)72(118)93-51(32-63(110)111)73(119)96-65-39(4)124-77(123)52(28-54(98)42-18-12-14-19-43(42)78)94-76(122)64(37(2)26-60(104)105)95-74(120)53(36-97)89-59(103)34-84-68(114)49(30-61(106)107)90-66(112)38(3)86-70(116)50(31-62(108)109)92-69(115)46(87-58(102)35-85-75(65)121)21-16-25-82-67(113)44(79)23-24-55(80)99/h12-15,17-20,33,37-39,44,46-53,64-65,83,97H,5-11,16,21-32,34-36,78-79H2,1-4H3,(H2,80,99)(H2,81,100)(H,82,113)(H,84,114)(H,85,121)(H,86,116)(H,87,102)(H,88,101)(H,89,103)(H,90,112)(H,91,117)(H,92,115)(H,93,118)(H,94,122)(H,95,120)(H,96,119)(H,104,105)(H,106,107)(H,108,109)(H,110,111)/t37-,38-,39?,44+,46+,47+,48+,49+,50?,51+,52+,53-,64?,65?/m1/s1. The molecule has 1 saturated heterocycles. The third kappa shape index (κ3) is 35.9. The Hall–Kier alpha value is -13.8. The van der Waals surface area contributed by atoms with Crippen LogP contribution in [0.1, 0.15) is 159 Å². The van der Waals surface area contributed by atoms with Crippen LogP contribution < -0.4 is 97.4 Å². The zero-order valence-electron chi connectivity index (χ0n) is 68.5.